The van der Waals surface area contributed by atoms with Gasteiger partial charge in [-0.1, -0.05) is 24.3 Å². The average Bonchev–Trinajstić information content (AvgIpc) is 3.62. The second-order valence-corrected chi connectivity index (χ2v) is 8.77. The molecule has 6 aromatic rings. The molecule has 0 aliphatic heterocycles. The molecule has 11 heteroatoms. The first kappa shape index (κ1) is 22.0. The lowest BCUT2D eigenvalue weighted by atomic mass is 10.2. The van der Waals surface area contributed by atoms with Gasteiger partial charge in [-0.15, -0.1) is 11.3 Å². The predicted molar refractivity (Wildman–Crippen MR) is 129 cm³/mol. The quantitative estimate of drug-likeness (QED) is 0.294. The maximum Gasteiger partial charge on any atom is 0.433 e. The Morgan fingerprint density at radius 1 is 0.972 bits per heavy atom. The van der Waals surface area contributed by atoms with E-state index < -0.39 is 17.8 Å². The first-order chi connectivity index (χ1) is 17.3. The molecule has 0 aliphatic rings. The normalized spacial score (nSPS) is 11.9. The van der Waals surface area contributed by atoms with Crippen molar-refractivity contribution in [2.75, 3.05) is 5.32 Å². The Morgan fingerprint density at radius 2 is 1.81 bits per heavy atom. The van der Waals surface area contributed by atoms with Crippen molar-refractivity contribution in [3.63, 3.8) is 0 Å². The zero-order chi connectivity index (χ0) is 24.9. The molecule has 36 heavy (non-hydrogen) atoms. The number of fused-ring (bicyclic) bond motifs is 2. The number of hydrogen-bond acceptors (Lipinski definition) is 6. The van der Waals surface area contributed by atoms with Crippen LogP contribution in [0.1, 0.15) is 16.2 Å². The molecule has 4 aromatic heterocycles. The van der Waals surface area contributed by atoms with Gasteiger partial charge in [0.25, 0.3) is 5.91 Å². The zero-order valence-electron chi connectivity index (χ0n) is 18.2. The highest BCUT2D eigenvalue weighted by Gasteiger charge is 2.35. The first-order valence-corrected chi connectivity index (χ1v) is 11.5. The number of alkyl halides is 3. The van der Waals surface area contributed by atoms with Crippen LogP contribution in [0.15, 0.2) is 82.6 Å². The van der Waals surface area contributed by atoms with Gasteiger partial charge in [0.05, 0.1) is 10.6 Å². The largest absolute Gasteiger partial charge is 0.436 e. The summed E-state index contributed by atoms with van der Waals surface area (Å²) < 4.78 is 47.7. The van der Waals surface area contributed by atoms with Crippen molar-refractivity contribution < 1.29 is 22.4 Å². The van der Waals surface area contributed by atoms with Crippen LogP contribution in [0.4, 0.5) is 18.9 Å². The van der Waals surface area contributed by atoms with E-state index >= 15 is 0 Å². The predicted octanol–water partition coefficient (Wildman–Crippen LogP) is 6.54. The lowest BCUT2D eigenvalue weighted by Gasteiger charge is -2.10. The molecular weight excluding hydrogens is 491 g/mol. The number of hydrogen-bond donors (Lipinski definition) is 1. The summed E-state index contributed by atoms with van der Waals surface area (Å²) in [6.07, 6.45) is -4.69. The molecule has 1 N–H and O–H groups in total. The number of carbonyl (C=O) groups excluding carboxylic acids is 1. The summed E-state index contributed by atoms with van der Waals surface area (Å²) in [6.45, 7) is 0. The number of benzene rings is 2. The summed E-state index contributed by atoms with van der Waals surface area (Å²) in [5.41, 5.74) is 1.08. The molecule has 2 aromatic carbocycles. The van der Waals surface area contributed by atoms with Gasteiger partial charge in [0.15, 0.2) is 22.6 Å². The van der Waals surface area contributed by atoms with Gasteiger partial charge < -0.3 is 9.73 Å². The second-order valence-electron chi connectivity index (χ2n) is 7.82. The molecule has 1 amide bonds. The summed E-state index contributed by atoms with van der Waals surface area (Å²) in [4.78, 5) is 22.2. The number of halogens is 3. The summed E-state index contributed by atoms with van der Waals surface area (Å²) in [6, 6.07) is 19.8. The van der Waals surface area contributed by atoms with Crippen molar-refractivity contribution in [3.05, 3.63) is 89.6 Å². The molecule has 0 aliphatic carbocycles. The van der Waals surface area contributed by atoms with E-state index in [-0.39, 0.29) is 17.0 Å². The Morgan fingerprint density at radius 3 is 2.56 bits per heavy atom. The summed E-state index contributed by atoms with van der Waals surface area (Å²) >= 11 is 1.27. The number of aromatic nitrogens is 4. The number of carbonyl (C=O) groups is 1. The molecule has 0 atom stereocenters. The lowest BCUT2D eigenvalue weighted by Crippen LogP contribution is -2.15. The fourth-order valence-corrected chi connectivity index (χ4v) is 4.43. The van der Waals surface area contributed by atoms with Crippen molar-refractivity contribution in [2.45, 2.75) is 6.18 Å². The van der Waals surface area contributed by atoms with E-state index in [1.807, 2.05) is 30.3 Å². The van der Waals surface area contributed by atoms with E-state index in [0.717, 1.165) is 11.6 Å². The van der Waals surface area contributed by atoms with E-state index in [4.69, 9.17) is 4.42 Å². The fourth-order valence-electron chi connectivity index (χ4n) is 3.74. The highest BCUT2D eigenvalue weighted by Crippen LogP contribution is 2.33. The first-order valence-electron chi connectivity index (χ1n) is 10.6. The van der Waals surface area contributed by atoms with E-state index in [1.54, 1.807) is 35.7 Å². The Kier molecular flexibility index (Phi) is 5.07. The Bertz CT molecular complexity index is 1720. The molecule has 6 rings (SSSR count). The molecule has 0 saturated carbocycles. The van der Waals surface area contributed by atoms with E-state index in [2.05, 4.69) is 20.4 Å². The van der Waals surface area contributed by atoms with E-state index in [1.165, 1.54) is 17.4 Å². The third-order valence-corrected chi connectivity index (χ3v) is 6.28. The molecule has 4 heterocycles. The number of oxazole rings is 1. The molecule has 7 nitrogen and oxygen atoms in total. The van der Waals surface area contributed by atoms with Crippen LogP contribution in [0.5, 0.6) is 0 Å². The van der Waals surface area contributed by atoms with Gasteiger partial charge in [-0.25, -0.2) is 14.5 Å². The molecule has 0 spiro atoms. The topological polar surface area (TPSA) is 85.3 Å². The highest BCUT2D eigenvalue weighted by atomic mass is 32.1. The van der Waals surface area contributed by atoms with Gasteiger partial charge in [0.2, 0.25) is 5.89 Å². The standard InChI is InChI=1S/C25H14F3N5O2S/c26-25(27,28)21-12-17(20-7-4-10-36-20)30-22-13-18(32-33(21)22)23(34)29-15-8-9-19-16(11-15)31-24(35-19)14-5-2-1-3-6-14/h1-13H,(H,29,34). The van der Waals surface area contributed by atoms with Gasteiger partial charge in [-0.2, -0.15) is 18.3 Å². The smallest absolute Gasteiger partial charge is 0.433 e. The van der Waals surface area contributed by atoms with Crippen molar-refractivity contribution >= 4 is 39.7 Å². The number of rotatable bonds is 4. The van der Waals surface area contributed by atoms with Gasteiger partial charge in [0, 0.05) is 17.3 Å². The molecule has 0 bridgehead atoms. The Balaban J connectivity index is 1.33. The second kappa shape index (κ2) is 8.31. The zero-order valence-corrected chi connectivity index (χ0v) is 19.0. The molecule has 0 radical (unpaired) electrons. The van der Waals surface area contributed by atoms with E-state index in [9.17, 15) is 18.0 Å². The van der Waals surface area contributed by atoms with Crippen LogP contribution >= 0.6 is 11.3 Å². The lowest BCUT2D eigenvalue weighted by molar-refractivity contribution is -0.142. The molecule has 0 saturated heterocycles. The minimum Gasteiger partial charge on any atom is -0.436 e. The number of amides is 1. The van der Waals surface area contributed by atoms with Crippen LogP contribution in [-0.4, -0.2) is 25.5 Å². The summed E-state index contributed by atoms with van der Waals surface area (Å²) in [5, 5.41) is 8.30. The Labute approximate surface area is 204 Å². The van der Waals surface area contributed by atoms with Crippen LogP contribution in [-0.2, 0) is 6.18 Å². The fraction of sp³-hybridized carbons (Fsp3) is 0.0400. The van der Waals surface area contributed by atoms with Crippen LogP contribution in [0.3, 0.4) is 0 Å². The van der Waals surface area contributed by atoms with Gasteiger partial charge in [-0.3, -0.25) is 4.79 Å². The molecule has 178 valence electrons. The van der Waals surface area contributed by atoms with Crippen molar-refractivity contribution in [2.24, 2.45) is 0 Å². The third-order valence-electron chi connectivity index (χ3n) is 5.39. The molecule has 0 unspecified atom stereocenters. The number of thiophene rings is 1. The third kappa shape index (κ3) is 3.99. The number of nitrogens with one attached hydrogen (secondary N) is 1. The maximum absolute atomic E-state index is 13.8. The van der Waals surface area contributed by atoms with Crippen molar-refractivity contribution in [1.82, 2.24) is 19.6 Å². The SMILES string of the molecule is O=C(Nc1ccc2oc(-c3ccccc3)nc2c1)c1cc2nc(-c3cccs3)cc(C(F)(F)F)n2n1. The summed E-state index contributed by atoms with van der Waals surface area (Å²) in [5.74, 6) is -0.251. The van der Waals surface area contributed by atoms with Gasteiger partial charge >= 0.3 is 6.18 Å². The minimum atomic E-state index is -4.69. The number of nitrogens with zero attached hydrogens (tertiary/aromatic N) is 4. The molecular formula is C25H14F3N5O2S. The van der Waals surface area contributed by atoms with Gasteiger partial charge in [0.1, 0.15) is 5.52 Å². The molecule has 0 fully saturated rings. The van der Waals surface area contributed by atoms with E-state index in [0.29, 0.717) is 32.1 Å². The van der Waals surface area contributed by atoms with Crippen LogP contribution in [0.2, 0.25) is 0 Å². The number of anilines is 1. The van der Waals surface area contributed by atoms with Crippen LogP contribution in [0.25, 0.3) is 38.8 Å². The van der Waals surface area contributed by atoms with Gasteiger partial charge in [-0.05, 0) is 47.8 Å². The monoisotopic (exact) mass is 505 g/mol. The minimum absolute atomic E-state index is 0.0853. The average molecular weight is 505 g/mol. The highest BCUT2D eigenvalue weighted by molar-refractivity contribution is 7.13. The maximum atomic E-state index is 13.8. The van der Waals surface area contributed by atoms with Crippen LogP contribution < -0.4 is 5.32 Å². The Hall–Kier alpha value is -4.51. The van der Waals surface area contributed by atoms with Crippen LogP contribution in [0, 0.1) is 0 Å². The summed E-state index contributed by atoms with van der Waals surface area (Å²) in [7, 11) is 0. The van der Waals surface area contributed by atoms with Crippen molar-refractivity contribution in [1.29, 1.82) is 0 Å². The van der Waals surface area contributed by atoms with Crippen molar-refractivity contribution in [3.8, 4) is 22.0 Å².